The summed E-state index contributed by atoms with van der Waals surface area (Å²) in [4.78, 5) is 46.2. The van der Waals surface area contributed by atoms with Crippen molar-refractivity contribution in [3.63, 3.8) is 0 Å². The fourth-order valence-electron chi connectivity index (χ4n) is 4.31. The fourth-order valence-corrected chi connectivity index (χ4v) is 4.31. The van der Waals surface area contributed by atoms with Gasteiger partial charge < -0.3 is 19.5 Å². The van der Waals surface area contributed by atoms with E-state index in [9.17, 15) is 14.4 Å². The van der Waals surface area contributed by atoms with Crippen LogP contribution in [0.3, 0.4) is 0 Å². The molecule has 3 amide bonds. The second-order valence-electron chi connectivity index (χ2n) is 8.61. The van der Waals surface area contributed by atoms with Crippen molar-refractivity contribution in [1.82, 2.24) is 14.8 Å². The molecule has 2 aromatic heterocycles. The number of amides is 3. The maximum absolute atomic E-state index is 13.6. The monoisotopic (exact) mass is 482 g/mol. The predicted molar refractivity (Wildman–Crippen MR) is 137 cm³/mol. The summed E-state index contributed by atoms with van der Waals surface area (Å²) < 4.78 is 5.23. The number of para-hydroxylation sites is 1. The number of carbonyl (C=O) groups excluding carboxylic acids is 3. The molecule has 0 saturated carbocycles. The molecule has 1 N–H and O–H groups in total. The van der Waals surface area contributed by atoms with E-state index in [1.54, 1.807) is 28.9 Å². The molecule has 0 unspecified atom stereocenters. The lowest BCUT2D eigenvalue weighted by Gasteiger charge is -2.34. The molecular formula is C28H26N4O4. The van der Waals surface area contributed by atoms with Crippen LogP contribution in [0, 0.1) is 0 Å². The smallest absolute Gasteiger partial charge is 0.289 e. The van der Waals surface area contributed by atoms with Crippen LogP contribution in [-0.2, 0) is 4.79 Å². The van der Waals surface area contributed by atoms with E-state index in [0.717, 1.165) is 16.5 Å². The van der Waals surface area contributed by atoms with E-state index in [2.05, 4.69) is 5.32 Å². The first-order valence-electron chi connectivity index (χ1n) is 12.0. The van der Waals surface area contributed by atoms with Crippen LogP contribution in [0.4, 0.5) is 5.69 Å². The third-order valence-electron chi connectivity index (χ3n) is 6.32. The van der Waals surface area contributed by atoms with Gasteiger partial charge in [-0.05, 0) is 36.4 Å². The molecule has 0 atom stereocenters. The first kappa shape index (κ1) is 23.3. The molecule has 0 aliphatic carbocycles. The van der Waals surface area contributed by atoms with Gasteiger partial charge in [-0.25, -0.2) is 4.98 Å². The van der Waals surface area contributed by atoms with Gasteiger partial charge in [0.05, 0.1) is 23.0 Å². The highest BCUT2D eigenvalue weighted by Gasteiger charge is 2.27. The number of hydrogen-bond donors (Lipinski definition) is 1. The van der Waals surface area contributed by atoms with Gasteiger partial charge in [0.25, 0.3) is 11.8 Å². The van der Waals surface area contributed by atoms with Crippen LogP contribution >= 0.6 is 0 Å². The average molecular weight is 483 g/mol. The Balaban J connectivity index is 1.39. The Bertz CT molecular complexity index is 1410. The van der Waals surface area contributed by atoms with Gasteiger partial charge in [-0.15, -0.1) is 0 Å². The number of pyridine rings is 1. The van der Waals surface area contributed by atoms with Crippen molar-refractivity contribution >= 4 is 34.3 Å². The Kier molecular flexibility index (Phi) is 6.49. The summed E-state index contributed by atoms with van der Waals surface area (Å²) in [5, 5.41) is 3.62. The van der Waals surface area contributed by atoms with Crippen molar-refractivity contribution in [2.75, 3.05) is 31.5 Å². The maximum atomic E-state index is 13.6. The summed E-state index contributed by atoms with van der Waals surface area (Å²) in [5.41, 5.74) is 3.54. The number of nitrogens with zero attached hydrogens (tertiary/aromatic N) is 3. The van der Waals surface area contributed by atoms with Gasteiger partial charge in [0.1, 0.15) is 0 Å². The second kappa shape index (κ2) is 10.0. The van der Waals surface area contributed by atoms with E-state index in [1.807, 2.05) is 54.6 Å². The summed E-state index contributed by atoms with van der Waals surface area (Å²) in [6.45, 7) is 3.54. The van der Waals surface area contributed by atoms with E-state index in [0.29, 0.717) is 55.3 Å². The number of piperazine rings is 1. The van der Waals surface area contributed by atoms with Crippen molar-refractivity contribution in [1.29, 1.82) is 0 Å². The third-order valence-corrected chi connectivity index (χ3v) is 6.32. The van der Waals surface area contributed by atoms with E-state index in [1.165, 1.54) is 6.26 Å². The van der Waals surface area contributed by atoms with Crippen molar-refractivity contribution in [3.05, 3.63) is 84.3 Å². The minimum Gasteiger partial charge on any atom is -0.459 e. The van der Waals surface area contributed by atoms with Gasteiger partial charge in [0, 0.05) is 49.2 Å². The second-order valence-corrected chi connectivity index (χ2v) is 8.61. The number of nitrogens with one attached hydrogen (secondary N) is 1. The number of rotatable bonds is 5. The Morgan fingerprint density at radius 2 is 1.58 bits per heavy atom. The van der Waals surface area contributed by atoms with E-state index in [4.69, 9.17) is 9.40 Å². The Morgan fingerprint density at radius 3 is 2.25 bits per heavy atom. The van der Waals surface area contributed by atoms with Crippen molar-refractivity contribution in [2.24, 2.45) is 0 Å². The highest BCUT2D eigenvalue weighted by atomic mass is 16.3. The maximum Gasteiger partial charge on any atom is 0.289 e. The minimum absolute atomic E-state index is 0.0505. The van der Waals surface area contributed by atoms with Crippen molar-refractivity contribution < 1.29 is 18.8 Å². The van der Waals surface area contributed by atoms with Gasteiger partial charge in [-0.1, -0.05) is 37.3 Å². The first-order valence-corrected chi connectivity index (χ1v) is 12.0. The minimum atomic E-state index is -0.165. The summed E-state index contributed by atoms with van der Waals surface area (Å²) in [5.74, 6) is -0.000610. The normalized spacial score (nSPS) is 13.6. The topological polar surface area (TPSA) is 95.8 Å². The molecule has 0 spiro atoms. The molecular weight excluding hydrogens is 456 g/mol. The molecule has 1 aliphatic heterocycles. The lowest BCUT2D eigenvalue weighted by molar-refractivity contribution is -0.115. The molecule has 3 heterocycles. The molecule has 0 radical (unpaired) electrons. The van der Waals surface area contributed by atoms with E-state index in [-0.39, 0.29) is 17.7 Å². The number of benzene rings is 2. The van der Waals surface area contributed by atoms with Gasteiger partial charge in [0.15, 0.2) is 5.76 Å². The van der Waals surface area contributed by atoms with Gasteiger partial charge >= 0.3 is 0 Å². The number of anilines is 1. The number of fused-ring (bicyclic) bond motifs is 1. The molecule has 8 heteroatoms. The zero-order chi connectivity index (χ0) is 25.1. The number of hydrogen-bond acceptors (Lipinski definition) is 5. The Morgan fingerprint density at radius 1 is 0.889 bits per heavy atom. The zero-order valence-corrected chi connectivity index (χ0v) is 19.9. The number of furan rings is 1. The summed E-state index contributed by atoms with van der Waals surface area (Å²) in [6.07, 6.45) is 1.89. The number of carbonyl (C=O) groups is 3. The van der Waals surface area contributed by atoms with Crippen LogP contribution in [0.15, 0.2) is 77.4 Å². The van der Waals surface area contributed by atoms with Crippen LogP contribution in [0.1, 0.15) is 34.3 Å². The van der Waals surface area contributed by atoms with E-state index >= 15 is 0 Å². The quantitative estimate of drug-likeness (QED) is 0.454. The molecule has 8 nitrogen and oxygen atoms in total. The largest absolute Gasteiger partial charge is 0.459 e. The molecule has 1 fully saturated rings. The third kappa shape index (κ3) is 4.70. The van der Waals surface area contributed by atoms with Gasteiger partial charge in [-0.2, -0.15) is 0 Å². The number of aromatic nitrogens is 1. The molecule has 2 aromatic carbocycles. The van der Waals surface area contributed by atoms with Crippen LogP contribution in [-0.4, -0.2) is 58.7 Å². The molecule has 0 bridgehead atoms. The highest BCUT2D eigenvalue weighted by Crippen LogP contribution is 2.27. The molecule has 5 rings (SSSR count). The molecule has 1 saturated heterocycles. The van der Waals surface area contributed by atoms with Crippen molar-refractivity contribution in [2.45, 2.75) is 13.3 Å². The average Bonchev–Trinajstić information content (AvgIpc) is 3.47. The highest BCUT2D eigenvalue weighted by molar-refractivity contribution is 6.07. The van der Waals surface area contributed by atoms with Crippen molar-refractivity contribution in [3.8, 4) is 11.3 Å². The van der Waals surface area contributed by atoms with Crippen LogP contribution in [0.2, 0.25) is 0 Å². The summed E-state index contributed by atoms with van der Waals surface area (Å²) in [7, 11) is 0. The van der Waals surface area contributed by atoms with E-state index < -0.39 is 0 Å². The Labute approximate surface area is 208 Å². The molecule has 36 heavy (non-hydrogen) atoms. The van der Waals surface area contributed by atoms with Crippen LogP contribution < -0.4 is 5.32 Å². The lowest BCUT2D eigenvalue weighted by atomic mass is 10.0. The fraction of sp³-hybridized carbons (Fsp3) is 0.214. The predicted octanol–water partition coefficient (Wildman–Crippen LogP) is 4.44. The zero-order valence-electron chi connectivity index (χ0n) is 19.9. The Hall–Kier alpha value is -4.46. The molecule has 182 valence electrons. The van der Waals surface area contributed by atoms with Gasteiger partial charge in [0.2, 0.25) is 5.91 Å². The van der Waals surface area contributed by atoms with Crippen LogP contribution in [0.25, 0.3) is 22.2 Å². The standard InChI is InChI=1S/C28H26N4O4/c1-2-26(33)29-20-11-9-19(10-12-20)24-18-22(21-6-3-4-7-23(21)30-24)27(34)31-13-15-32(16-14-31)28(35)25-8-5-17-36-25/h3-12,17-18H,2,13-16H2,1H3,(H,29,33). The molecule has 4 aromatic rings. The van der Waals surface area contributed by atoms with Gasteiger partial charge in [-0.3, -0.25) is 14.4 Å². The first-order chi connectivity index (χ1) is 17.5. The molecule has 1 aliphatic rings. The SMILES string of the molecule is CCC(=O)Nc1ccc(-c2cc(C(=O)N3CCN(C(=O)c4ccco4)CC3)c3ccccc3n2)cc1. The summed E-state index contributed by atoms with van der Waals surface area (Å²) >= 11 is 0. The van der Waals surface area contributed by atoms with Crippen LogP contribution in [0.5, 0.6) is 0 Å². The lowest BCUT2D eigenvalue weighted by Crippen LogP contribution is -2.50. The summed E-state index contributed by atoms with van der Waals surface area (Å²) in [6, 6.07) is 20.2.